The van der Waals surface area contributed by atoms with Gasteiger partial charge in [-0.3, -0.25) is 4.79 Å². The summed E-state index contributed by atoms with van der Waals surface area (Å²) >= 11 is 1.33. The molecule has 0 saturated carbocycles. The van der Waals surface area contributed by atoms with E-state index in [1.165, 1.54) is 11.8 Å². The van der Waals surface area contributed by atoms with Gasteiger partial charge in [-0.25, -0.2) is 4.99 Å². The Balaban J connectivity index is 1.64. The first kappa shape index (κ1) is 19.8. The van der Waals surface area contributed by atoms with Crippen LogP contribution in [-0.4, -0.2) is 31.8 Å². The quantitative estimate of drug-likeness (QED) is 0.729. The van der Waals surface area contributed by atoms with Crippen molar-refractivity contribution in [1.82, 2.24) is 5.32 Å². The lowest BCUT2D eigenvalue weighted by atomic mass is 10.2. The Morgan fingerprint density at radius 3 is 2.46 bits per heavy atom. The fraction of sp³-hybridized carbons (Fsp3) is 0.182. The van der Waals surface area contributed by atoms with Crippen LogP contribution in [0.5, 0.6) is 5.75 Å². The maximum atomic E-state index is 12.1. The number of nitrogens with zero attached hydrogens (tertiary/aromatic N) is 2. The van der Waals surface area contributed by atoms with Gasteiger partial charge in [-0.2, -0.15) is 0 Å². The number of hydrogen-bond acceptors (Lipinski definition) is 5. The van der Waals surface area contributed by atoms with Crippen molar-refractivity contribution in [2.45, 2.75) is 6.92 Å². The first-order valence-corrected chi connectivity index (χ1v) is 9.83. The van der Waals surface area contributed by atoms with Crippen LogP contribution in [0.15, 0.2) is 70.6 Å². The summed E-state index contributed by atoms with van der Waals surface area (Å²) in [6.45, 7) is 2.57. The van der Waals surface area contributed by atoms with Crippen LogP contribution in [0.4, 0.5) is 11.4 Å². The number of carbonyl (C=O) groups excluding carboxylic acids is 1. The minimum Gasteiger partial charge on any atom is -0.494 e. The van der Waals surface area contributed by atoms with Crippen molar-refractivity contribution in [2.24, 2.45) is 4.99 Å². The van der Waals surface area contributed by atoms with E-state index in [0.29, 0.717) is 16.7 Å². The molecule has 1 heterocycles. The van der Waals surface area contributed by atoms with Crippen LogP contribution in [0.2, 0.25) is 0 Å². The van der Waals surface area contributed by atoms with E-state index >= 15 is 0 Å². The molecule has 1 amide bonds. The second kappa shape index (κ2) is 9.28. The SMILES string of the molecule is CCOc1ccc(N=C2NC(=O)/C(=C\C=C\c3ccc(N(C)C)cc3)S2)cc1. The summed E-state index contributed by atoms with van der Waals surface area (Å²) in [7, 11) is 4.02. The third kappa shape index (κ3) is 5.27. The van der Waals surface area contributed by atoms with Crippen LogP contribution in [0, 0.1) is 0 Å². The van der Waals surface area contributed by atoms with Crippen LogP contribution in [0.3, 0.4) is 0 Å². The zero-order valence-electron chi connectivity index (χ0n) is 16.2. The Labute approximate surface area is 169 Å². The number of hydrogen-bond donors (Lipinski definition) is 1. The number of allylic oxidation sites excluding steroid dienone is 2. The summed E-state index contributed by atoms with van der Waals surface area (Å²) in [5.41, 5.74) is 2.99. The monoisotopic (exact) mass is 393 g/mol. The van der Waals surface area contributed by atoms with Gasteiger partial charge in [-0.15, -0.1) is 0 Å². The van der Waals surface area contributed by atoms with Crippen LogP contribution < -0.4 is 15.0 Å². The lowest BCUT2D eigenvalue weighted by molar-refractivity contribution is -0.115. The van der Waals surface area contributed by atoms with Crippen LogP contribution >= 0.6 is 11.8 Å². The molecule has 2 aromatic carbocycles. The molecule has 6 heteroatoms. The molecule has 0 bridgehead atoms. The van der Waals surface area contributed by atoms with Crippen LogP contribution in [-0.2, 0) is 4.79 Å². The number of nitrogens with one attached hydrogen (secondary N) is 1. The molecule has 0 unspecified atom stereocenters. The van der Waals surface area contributed by atoms with Gasteiger partial charge in [0.15, 0.2) is 5.17 Å². The fourth-order valence-electron chi connectivity index (χ4n) is 2.53. The molecular formula is C22H23N3O2S. The summed E-state index contributed by atoms with van der Waals surface area (Å²) < 4.78 is 5.42. The largest absolute Gasteiger partial charge is 0.494 e. The highest BCUT2D eigenvalue weighted by Gasteiger charge is 2.23. The van der Waals surface area contributed by atoms with Crippen molar-refractivity contribution >= 4 is 40.3 Å². The number of benzene rings is 2. The lowest BCUT2D eigenvalue weighted by Crippen LogP contribution is -2.19. The number of amidine groups is 1. The molecule has 3 rings (SSSR count). The van der Waals surface area contributed by atoms with Gasteiger partial charge in [0.05, 0.1) is 17.2 Å². The third-order valence-corrected chi connectivity index (χ3v) is 4.90. The lowest BCUT2D eigenvalue weighted by Gasteiger charge is -2.11. The fourth-order valence-corrected chi connectivity index (χ4v) is 3.32. The van der Waals surface area contributed by atoms with Gasteiger partial charge in [0.25, 0.3) is 5.91 Å². The third-order valence-electron chi connectivity index (χ3n) is 3.98. The maximum absolute atomic E-state index is 12.1. The van der Waals surface area contributed by atoms with Crippen LogP contribution in [0.25, 0.3) is 6.08 Å². The van der Waals surface area contributed by atoms with Crippen molar-refractivity contribution < 1.29 is 9.53 Å². The average Bonchev–Trinajstić information content (AvgIpc) is 3.03. The standard InChI is InChI=1S/C22H23N3O2S/c1-4-27-19-14-10-17(11-15-19)23-22-24-21(26)20(28-22)7-5-6-16-8-12-18(13-9-16)25(2)3/h5-15H,4H2,1-3H3,(H,23,24,26)/b6-5+,20-7+. The molecular weight excluding hydrogens is 370 g/mol. The number of carbonyl (C=O) groups is 1. The number of rotatable bonds is 6. The van der Waals surface area contributed by atoms with Gasteiger partial charge in [-0.1, -0.05) is 24.3 Å². The summed E-state index contributed by atoms with van der Waals surface area (Å²) in [6.07, 6.45) is 5.66. The number of aliphatic imine (C=N–C) groups is 1. The molecule has 1 aliphatic heterocycles. The molecule has 1 fully saturated rings. The van der Waals surface area contributed by atoms with Gasteiger partial charge < -0.3 is 15.0 Å². The van der Waals surface area contributed by atoms with E-state index < -0.39 is 0 Å². The Kier molecular flexibility index (Phi) is 6.55. The number of anilines is 1. The minimum absolute atomic E-state index is 0.137. The Morgan fingerprint density at radius 2 is 1.82 bits per heavy atom. The summed E-state index contributed by atoms with van der Waals surface area (Å²) in [4.78, 5) is 19.3. The highest BCUT2D eigenvalue weighted by Crippen LogP contribution is 2.27. The maximum Gasteiger partial charge on any atom is 0.264 e. The van der Waals surface area contributed by atoms with Gasteiger partial charge in [0.2, 0.25) is 0 Å². The molecule has 0 aromatic heterocycles. The van der Waals surface area contributed by atoms with Gasteiger partial charge in [-0.05, 0) is 66.7 Å². The van der Waals surface area contributed by atoms with E-state index in [2.05, 4.69) is 27.3 Å². The molecule has 144 valence electrons. The van der Waals surface area contributed by atoms with E-state index in [1.54, 1.807) is 6.08 Å². The normalized spacial score (nSPS) is 16.8. The molecule has 1 aliphatic rings. The Hall–Kier alpha value is -2.99. The van der Waals surface area contributed by atoms with Gasteiger partial charge in [0.1, 0.15) is 5.75 Å². The molecule has 1 saturated heterocycles. The van der Waals surface area contributed by atoms with Crippen molar-refractivity contribution in [1.29, 1.82) is 0 Å². The molecule has 0 radical (unpaired) electrons. The minimum atomic E-state index is -0.137. The first-order chi connectivity index (χ1) is 13.5. The average molecular weight is 394 g/mol. The van der Waals surface area contributed by atoms with E-state index in [4.69, 9.17) is 4.74 Å². The van der Waals surface area contributed by atoms with Crippen molar-refractivity contribution in [3.8, 4) is 5.75 Å². The first-order valence-electron chi connectivity index (χ1n) is 9.01. The summed E-state index contributed by atoms with van der Waals surface area (Å²) in [5.74, 6) is 0.668. The molecule has 0 aliphatic carbocycles. The number of ether oxygens (including phenoxy) is 1. The van der Waals surface area contributed by atoms with E-state index in [9.17, 15) is 4.79 Å². The second-order valence-corrected chi connectivity index (χ2v) is 7.31. The molecule has 1 N–H and O–H groups in total. The summed E-state index contributed by atoms with van der Waals surface area (Å²) in [5, 5.41) is 3.37. The molecule has 0 atom stereocenters. The van der Waals surface area contributed by atoms with E-state index in [-0.39, 0.29) is 5.91 Å². The molecule has 5 nitrogen and oxygen atoms in total. The highest BCUT2D eigenvalue weighted by atomic mass is 32.2. The zero-order chi connectivity index (χ0) is 19.9. The number of thioether (sulfide) groups is 1. The van der Waals surface area contributed by atoms with Gasteiger partial charge >= 0.3 is 0 Å². The zero-order valence-corrected chi connectivity index (χ0v) is 17.0. The Bertz CT molecular complexity index is 914. The smallest absolute Gasteiger partial charge is 0.264 e. The number of amides is 1. The Morgan fingerprint density at radius 1 is 1.11 bits per heavy atom. The highest BCUT2D eigenvalue weighted by molar-refractivity contribution is 8.18. The predicted octanol–water partition coefficient (Wildman–Crippen LogP) is 4.60. The molecule has 0 spiro atoms. The van der Waals surface area contributed by atoms with Crippen LogP contribution in [0.1, 0.15) is 12.5 Å². The topological polar surface area (TPSA) is 53.9 Å². The van der Waals surface area contributed by atoms with Gasteiger partial charge in [0, 0.05) is 19.8 Å². The van der Waals surface area contributed by atoms with E-state index in [0.717, 1.165) is 22.7 Å². The molecule has 2 aromatic rings. The van der Waals surface area contributed by atoms with Crippen molar-refractivity contribution in [2.75, 3.05) is 25.6 Å². The van der Waals surface area contributed by atoms with Crippen molar-refractivity contribution in [3.05, 3.63) is 71.2 Å². The molecule has 28 heavy (non-hydrogen) atoms. The van der Waals surface area contributed by atoms with E-state index in [1.807, 2.05) is 69.6 Å². The predicted molar refractivity (Wildman–Crippen MR) is 118 cm³/mol. The summed E-state index contributed by atoms with van der Waals surface area (Å²) in [6, 6.07) is 15.7. The van der Waals surface area contributed by atoms with Crippen molar-refractivity contribution in [3.63, 3.8) is 0 Å². The second-order valence-electron chi connectivity index (χ2n) is 6.28.